The van der Waals surface area contributed by atoms with Crippen LogP contribution < -0.4 is 0 Å². The zero-order valence-corrected chi connectivity index (χ0v) is 9.91. The Bertz CT molecular complexity index is 314. The minimum Gasteiger partial charge on any atom is -0.478 e. The van der Waals surface area contributed by atoms with Crippen molar-refractivity contribution in [2.45, 2.75) is 38.9 Å². The summed E-state index contributed by atoms with van der Waals surface area (Å²) in [7, 11) is 0. The van der Waals surface area contributed by atoms with Gasteiger partial charge in [0.05, 0.1) is 0 Å². The van der Waals surface area contributed by atoms with E-state index in [2.05, 4.69) is 9.47 Å². The predicted molar refractivity (Wildman–Crippen MR) is 55.6 cm³/mol. The number of hydrogen-bond donors (Lipinski definition) is 2. The molecule has 102 valence electrons. The lowest BCUT2D eigenvalue weighted by atomic mass is 10.2. The molecule has 0 aliphatic carbocycles. The first kappa shape index (κ1) is 15.9. The summed E-state index contributed by atoms with van der Waals surface area (Å²) in [5, 5.41) is 17.6. The van der Waals surface area contributed by atoms with Crippen LogP contribution in [0.1, 0.15) is 26.7 Å². The lowest BCUT2D eigenvalue weighted by Gasteiger charge is -2.20. The second kappa shape index (κ2) is 7.25. The summed E-state index contributed by atoms with van der Waals surface area (Å²) in [5.41, 5.74) is 0. The molecule has 2 N–H and O–H groups in total. The van der Waals surface area contributed by atoms with E-state index in [-0.39, 0.29) is 12.8 Å². The van der Waals surface area contributed by atoms with Crippen molar-refractivity contribution in [1.29, 1.82) is 0 Å². The van der Waals surface area contributed by atoms with Crippen LogP contribution in [0.3, 0.4) is 0 Å². The van der Waals surface area contributed by atoms with Gasteiger partial charge < -0.3 is 19.7 Å². The highest BCUT2D eigenvalue weighted by atomic mass is 16.6. The number of hydrogen-bond acceptors (Lipinski definition) is 6. The molecule has 0 aromatic heterocycles. The molecule has 0 aliphatic heterocycles. The van der Waals surface area contributed by atoms with Gasteiger partial charge >= 0.3 is 23.9 Å². The largest absolute Gasteiger partial charge is 0.478 e. The van der Waals surface area contributed by atoms with Gasteiger partial charge in [-0.3, -0.25) is 9.59 Å². The second-order valence-corrected chi connectivity index (χ2v) is 3.20. The Kier molecular flexibility index (Phi) is 6.40. The number of carbonyl (C=O) groups is 4. The maximum atomic E-state index is 11.0. The van der Waals surface area contributed by atoms with Gasteiger partial charge in [-0.2, -0.15) is 0 Å². The highest BCUT2D eigenvalue weighted by molar-refractivity contribution is 5.87. The van der Waals surface area contributed by atoms with Crippen molar-refractivity contribution in [3.05, 3.63) is 0 Å². The topological polar surface area (TPSA) is 127 Å². The van der Waals surface area contributed by atoms with E-state index in [1.54, 1.807) is 0 Å². The van der Waals surface area contributed by atoms with Gasteiger partial charge in [0.15, 0.2) is 0 Å². The Morgan fingerprint density at radius 1 is 0.833 bits per heavy atom. The molecule has 0 amide bonds. The molecule has 0 aromatic carbocycles. The minimum absolute atomic E-state index is 0.127. The Balaban J connectivity index is 4.99. The summed E-state index contributed by atoms with van der Waals surface area (Å²) in [6.45, 7) is 2.82. The quantitative estimate of drug-likeness (QED) is 0.604. The van der Waals surface area contributed by atoms with Crippen molar-refractivity contribution in [3.8, 4) is 0 Å². The van der Waals surface area contributed by atoms with Crippen molar-refractivity contribution in [3.63, 3.8) is 0 Å². The third-order valence-electron chi connectivity index (χ3n) is 1.86. The van der Waals surface area contributed by atoms with Crippen LogP contribution in [-0.2, 0) is 28.7 Å². The van der Waals surface area contributed by atoms with E-state index in [4.69, 9.17) is 10.2 Å². The van der Waals surface area contributed by atoms with Crippen molar-refractivity contribution in [2.24, 2.45) is 0 Å². The number of aliphatic carboxylic acids is 2. The molecule has 0 aromatic rings. The number of carbonyl (C=O) groups excluding carboxylic acids is 2. The minimum atomic E-state index is -2.06. The Morgan fingerprint density at radius 3 is 1.28 bits per heavy atom. The molecule has 0 unspecified atom stereocenters. The summed E-state index contributed by atoms with van der Waals surface area (Å²) < 4.78 is 8.87. The van der Waals surface area contributed by atoms with Crippen molar-refractivity contribution in [1.82, 2.24) is 0 Å². The van der Waals surface area contributed by atoms with Crippen molar-refractivity contribution >= 4 is 23.9 Å². The Morgan fingerprint density at radius 2 is 1.11 bits per heavy atom. The van der Waals surface area contributed by atoms with E-state index >= 15 is 0 Å². The molecule has 0 heterocycles. The van der Waals surface area contributed by atoms with Crippen LogP contribution in [0.15, 0.2) is 0 Å². The first-order valence-corrected chi connectivity index (χ1v) is 5.18. The molecular weight excluding hydrogens is 248 g/mol. The maximum Gasteiger partial charge on any atom is 0.349 e. The van der Waals surface area contributed by atoms with Crippen molar-refractivity contribution in [2.75, 3.05) is 0 Å². The molecule has 8 heteroatoms. The smallest absolute Gasteiger partial charge is 0.349 e. The summed E-state index contributed by atoms with van der Waals surface area (Å²) >= 11 is 0. The summed E-state index contributed by atoms with van der Waals surface area (Å²) in [6, 6.07) is 0. The van der Waals surface area contributed by atoms with E-state index in [1.807, 2.05) is 0 Å². The van der Waals surface area contributed by atoms with E-state index in [1.165, 1.54) is 13.8 Å². The van der Waals surface area contributed by atoms with Gasteiger partial charge in [-0.15, -0.1) is 0 Å². The van der Waals surface area contributed by atoms with Crippen LogP contribution in [0.25, 0.3) is 0 Å². The molecule has 2 atom stereocenters. The number of carboxylic acids is 2. The van der Waals surface area contributed by atoms with Gasteiger partial charge in [-0.1, -0.05) is 13.8 Å². The van der Waals surface area contributed by atoms with Crippen LogP contribution >= 0.6 is 0 Å². The van der Waals surface area contributed by atoms with Crippen molar-refractivity contribution < 1.29 is 38.9 Å². The molecule has 0 aliphatic rings. The normalized spacial score (nSPS) is 13.2. The molecular formula is C10H14O8. The van der Waals surface area contributed by atoms with Gasteiger partial charge in [0, 0.05) is 12.8 Å². The fourth-order valence-corrected chi connectivity index (χ4v) is 0.933. The maximum absolute atomic E-state index is 11.0. The first-order valence-electron chi connectivity index (χ1n) is 5.18. The van der Waals surface area contributed by atoms with Crippen LogP contribution in [0, 0.1) is 0 Å². The molecule has 0 fully saturated rings. The standard InChI is InChI=1S/C10H14O8/c1-3-5(11)17-7(9(13)14)8(10(15)16)18-6(12)4-2/h7-8H,3-4H2,1-2H3,(H,13,14)(H,15,16)/t7-,8-/m0/s1. The Hall–Kier alpha value is -2.12. The number of rotatable bonds is 7. The summed E-state index contributed by atoms with van der Waals surface area (Å²) in [4.78, 5) is 43.6. The van der Waals surface area contributed by atoms with E-state index in [0.29, 0.717) is 0 Å². The molecule has 0 saturated carbocycles. The molecule has 0 radical (unpaired) electrons. The van der Waals surface area contributed by atoms with Gasteiger partial charge in [-0.05, 0) is 0 Å². The van der Waals surface area contributed by atoms with Crippen LogP contribution in [0.2, 0.25) is 0 Å². The van der Waals surface area contributed by atoms with Crippen LogP contribution in [0.5, 0.6) is 0 Å². The predicted octanol–water partition coefficient (Wildman–Crippen LogP) is -0.201. The van der Waals surface area contributed by atoms with E-state index < -0.39 is 36.1 Å². The average Bonchev–Trinajstić information content (AvgIpc) is 2.31. The van der Waals surface area contributed by atoms with Crippen LogP contribution in [0.4, 0.5) is 0 Å². The summed E-state index contributed by atoms with van der Waals surface area (Å²) in [6.07, 6.45) is -4.38. The molecule has 0 spiro atoms. The summed E-state index contributed by atoms with van der Waals surface area (Å²) in [5.74, 6) is -5.20. The van der Waals surface area contributed by atoms with Gasteiger partial charge in [0.2, 0.25) is 12.2 Å². The highest BCUT2D eigenvalue weighted by Gasteiger charge is 2.40. The zero-order chi connectivity index (χ0) is 14.3. The van der Waals surface area contributed by atoms with Crippen LogP contribution in [-0.4, -0.2) is 46.3 Å². The fraction of sp³-hybridized carbons (Fsp3) is 0.600. The fourth-order valence-electron chi connectivity index (χ4n) is 0.933. The third-order valence-corrected chi connectivity index (χ3v) is 1.86. The van der Waals surface area contributed by atoms with E-state index in [0.717, 1.165) is 0 Å². The lowest BCUT2D eigenvalue weighted by Crippen LogP contribution is -2.45. The number of ether oxygens (including phenoxy) is 2. The molecule has 0 rings (SSSR count). The first-order chi connectivity index (χ1) is 8.33. The molecule has 8 nitrogen and oxygen atoms in total. The van der Waals surface area contributed by atoms with Gasteiger partial charge in [0.25, 0.3) is 0 Å². The third kappa shape index (κ3) is 4.81. The zero-order valence-electron chi connectivity index (χ0n) is 9.91. The highest BCUT2D eigenvalue weighted by Crippen LogP contribution is 2.08. The Labute approximate surface area is 102 Å². The molecule has 0 saturated heterocycles. The number of esters is 2. The monoisotopic (exact) mass is 262 g/mol. The second-order valence-electron chi connectivity index (χ2n) is 3.20. The lowest BCUT2D eigenvalue weighted by molar-refractivity contribution is -0.187. The number of carboxylic acid groups (broad SMARTS) is 2. The van der Waals surface area contributed by atoms with Gasteiger partial charge in [-0.25, -0.2) is 9.59 Å². The van der Waals surface area contributed by atoms with E-state index in [9.17, 15) is 19.2 Å². The SMILES string of the molecule is CCC(=O)O[C@H](C(=O)O)[C@H](OC(=O)CC)C(=O)O. The molecule has 18 heavy (non-hydrogen) atoms. The average molecular weight is 262 g/mol. The van der Waals surface area contributed by atoms with Gasteiger partial charge in [0.1, 0.15) is 0 Å². The molecule has 0 bridgehead atoms.